The van der Waals surface area contributed by atoms with E-state index in [0.29, 0.717) is 12.1 Å². The van der Waals surface area contributed by atoms with Crippen LogP contribution < -0.4 is 5.32 Å². The number of nitrogens with zero attached hydrogens (tertiary/aromatic N) is 1. The lowest BCUT2D eigenvalue weighted by atomic mass is 9.99. The van der Waals surface area contributed by atoms with Gasteiger partial charge in [-0.05, 0) is 31.4 Å². The fraction of sp³-hybridized carbons (Fsp3) is 0.647. The Morgan fingerprint density at radius 1 is 1.35 bits per heavy atom. The number of aliphatic hydroxyl groups is 1. The molecule has 3 heteroatoms. The molecule has 0 aromatic heterocycles. The molecule has 2 N–H and O–H groups in total. The molecule has 0 amide bonds. The van der Waals surface area contributed by atoms with Crippen molar-refractivity contribution in [1.29, 1.82) is 0 Å². The van der Waals surface area contributed by atoms with Crippen molar-refractivity contribution in [3.8, 4) is 0 Å². The van der Waals surface area contributed by atoms with Gasteiger partial charge in [0.1, 0.15) is 0 Å². The highest BCUT2D eigenvalue weighted by Crippen LogP contribution is 2.26. The smallest absolute Gasteiger partial charge is 0.0558 e. The molecule has 1 aliphatic rings. The van der Waals surface area contributed by atoms with Crippen LogP contribution in [0.2, 0.25) is 0 Å². The molecule has 2 unspecified atom stereocenters. The maximum atomic E-state index is 9.41. The second-order valence-electron chi connectivity index (χ2n) is 5.73. The van der Waals surface area contributed by atoms with Crippen LogP contribution in [0.15, 0.2) is 30.3 Å². The van der Waals surface area contributed by atoms with Crippen LogP contribution in [-0.2, 0) is 0 Å². The van der Waals surface area contributed by atoms with Crippen molar-refractivity contribution in [3.63, 3.8) is 0 Å². The highest BCUT2D eigenvalue weighted by Gasteiger charge is 2.24. The molecule has 0 spiro atoms. The van der Waals surface area contributed by atoms with Crippen molar-refractivity contribution in [1.82, 2.24) is 10.2 Å². The average Bonchev–Trinajstić information content (AvgIpc) is 2.98. The van der Waals surface area contributed by atoms with Crippen molar-refractivity contribution in [2.24, 2.45) is 0 Å². The molecule has 2 atom stereocenters. The number of rotatable bonds is 8. The van der Waals surface area contributed by atoms with Gasteiger partial charge < -0.3 is 10.4 Å². The summed E-state index contributed by atoms with van der Waals surface area (Å²) in [4.78, 5) is 2.46. The van der Waals surface area contributed by atoms with Crippen molar-refractivity contribution >= 4 is 0 Å². The zero-order valence-corrected chi connectivity index (χ0v) is 12.6. The van der Waals surface area contributed by atoms with Gasteiger partial charge in [0.15, 0.2) is 0 Å². The topological polar surface area (TPSA) is 35.5 Å². The Balaban J connectivity index is 2.09. The van der Waals surface area contributed by atoms with Gasteiger partial charge in [-0.25, -0.2) is 0 Å². The van der Waals surface area contributed by atoms with E-state index in [9.17, 15) is 5.11 Å². The molecule has 20 heavy (non-hydrogen) atoms. The molecule has 0 saturated carbocycles. The van der Waals surface area contributed by atoms with Crippen LogP contribution >= 0.6 is 0 Å². The Morgan fingerprint density at radius 2 is 2.15 bits per heavy atom. The second-order valence-corrected chi connectivity index (χ2v) is 5.73. The van der Waals surface area contributed by atoms with Crippen molar-refractivity contribution in [3.05, 3.63) is 35.9 Å². The van der Waals surface area contributed by atoms with Crippen LogP contribution in [0.1, 0.15) is 44.2 Å². The SMILES string of the molecule is CCCC(c1ccccc1)N(CCO)CC1CCCN1. The fourth-order valence-electron chi connectivity index (χ4n) is 3.21. The summed E-state index contributed by atoms with van der Waals surface area (Å²) < 4.78 is 0. The van der Waals surface area contributed by atoms with Crippen LogP contribution in [0.4, 0.5) is 0 Å². The first kappa shape index (κ1) is 15.5. The molecular weight excluding hydrogens is 248 g/mol. The molecule has 112 valence electrons. The molecule has 1 aromatic rings. The zero-order chi connectivity index (χ0) is 14.2. The van der Waals surface area contributed by atoms with E-state index in [0.717, 1.165) is 26.1 Å². The van der Waals surface area contributed by atoms with Crippen molar-refractivity contribution < 1.29 is 5.11 Å². The summed E-state index contributed by atoms with van der Waals surface area (Å²) in [6.45, 7) is 5.42. The predicted octanol–water partition coefficient (Wildman–Crippen LogP) is 2.57. The standard InChI is InChI=1S/C17H28N2O/c1-2-7-17(15-8-4-3-5-9-15)19(12-13-20)14-16-10-6-11-18-16/h3-5,8-9,16-18,20H,2,6-7,10-14H2,1H3. The molecule has 1 aliphatic heterocycles. The fourth-order valence-corrected chi connectivity index (χ4v) is 3.21. The average molecular weight is 276 g/mol. The summed E-state index contributed by atoms with van der Waals surface area (Å²) >= 11 is 0. The number of aliphatic hydroxyl groups excluding tert-OH is 1. The van der Waals surface area contributed by atoms with Gasteiger partial charge in [0.2, 0.25) is 0 Å². The Hall–Kier alpha value is -0.900. The first-order chi connectivity index (χ1) is 9.85. The van der Waals surface area contributed by atoms with E-state index in [1.54, 1.807) is 0 Å². The normalized spacial score (nSPS) is 20.4. The van der Waals surface area contributed by atoms with Gasteiger partial charge in [-0.2, -0.15) is 0 Å². The largest absolute Gasteiger partial charge is 0.395 e. The van der Waals surface area contributed by atoms with E-state index in [4.69, 9.17) is 0 Å². The maximum absolute atomic E-state index is 9.41. The Labute approximate surface area is 123 Å². The molecule has 2 rings (SSSR count). The summed E-state index contributed by atoms with van der Waals surface area (Å²) in [5, 5.41) is 13.0. The van der Waals surface area contributed by atoms with E-state index in [1.807, 2.05) is 0 Å². The highest BCUT2D eigenvalue weighted by molar-refractivity contribution is 5.19. The Morgan fingerprint density at radius 3 is 2.75 bits per heavy atom. The van der Waals surface area contributed by atoms with Gasteiger partial charge in [0, 0.05) is 25.2 Å². The number of benzene rings is 1. The quantitative estimate of drug-likeness (QED) is 0.766. The third-order valence-corrected chi connectivity index (χ3v) is 4.19. The lowest BCUT2D eigenvalue weighted by Gasteiger charge is -2.33. The summed E-state index contributed by atoms with van der Waals surface area (Å²) in [6.07, 6.45) is 4.85. The van der Waals surface area contributed by atoms with Gasteiger partial charge in [0.25, 0.3) is 0 Å². The third-order valence-electron chi connectivity index (χ3n) is 4.19. The lowest BCUT2D eigenvalue weighted by molar-refractivity contribution is 0.133. The van der Waals surface area contributed by atoms with Gasteiger partial charge in [0.05, 0.1) is 6.61 Å². The van der Waals surface area contributed by atoms with E-state index >= 15 is 0 Å². The van der Waals surface area contributed by atoms with Crippen LogP contribution in [0, 0.1) is 0 Å². The molecular formula is C17H28N2O. The molecule has 0 bridgehead atoms. The molecule has 1 aromatic carbocycles. The molecule has 3 nitrogen and oxygen atoms in total. The summed E-state index contributed by atoms with van der Waals surface area (Å²) in [6, 6.07) is 11.7. The Bertz CT molecular complexity index is 363. The maximum Gasteiger partial charge on any atom is 0.0558 e. The van der Waals surface area contributed by atoms with E-state index in [-0.39, 0.29) is 6.61 Å². The molecule has 1 fully saturated rings. The monoisotopic (exact) mass is 276 g/mol. The molecule has 0 radical (unpaired) electrons. The van der Waals surface area contributed by atoms with E-state index < -0.39 is 0 Å². The van der Waals surface area contributed by atoms with Crippen LogP contribution in [0.25, 0.3) is 0 Å². The summed E-state index contributed by atoms with van der Waals surface area (Å²) in [5.74, 6) is 0. The van der Waals surface area contributed by atoms with E-state index in [2.05, 4.69) is 47.5 Å². The van der Waals surface area contributed by atoms with Gasteiger partial charge in [-0.3, -0.25) is 4.90 Å². The van der Waals surface area contributed by atoms with Gasteiger partial charge in [-0.1, -0.05) is 43.7 Å². The van der Waals surface area contributed by atoms with Crippen LogP contribution in [0.3, 0.4) is 0 Å². The minimum atomic E-state index is 0.236. The summed E-state index contributed by atoms with van der Waals surface area (Å²) in [7, 11) is 0. The number of hydrogen-bond acceptors (Lipinski definition) is 3. The predicted molar refractivity (Wildman–Crippen MR) is 83.8 cm³/mol. The van der Waals surface area contributed by atoms with Crippen LogP contribution in [0.5, 0.6) is 0 Å². The molecule has 0 aliphatic carbocycles. The van der Waals surface area contributed by atoms with E-state index in [1.165, 1.54) is 24.8 Å². The van der Waals surface area contributed by atoms with Crippen molar-refractivity contribution in [2.45, 2.75) is 44.7 Å². The minimum absolute atomic E-state index is 0.236. The number of hydrogen-bond donors (Lipinski definition) is 2. The van der Waals surface area contributed by atoms with Gasteiger partial charge in [-0.15, -0.1) is 0 Å². The molecule has 1 saturated heterocycles. The summed E-state index contributed by atoms with van der Waals surface area (Å²) in [5.41, 5.74) is 1.38. The number of nitrogens with one attached hydrogen (secondary N) is 1. The van der Waals surface area contributed by atoms with Crippen molar-refractivity contribution in [2.75, 3.05) is 26.2 Å². The lowest BCUT2D eigenvalue weighted by Crippen LogP contribution is -2.41. The zero-order valence-electron chi connectivity index (χ0n) is 12.6. The Kier molecular flexibility index (Phi) is 6.51. The van der Waals surface area contributed by atoms with Crippen LogP contribution in [-0.4, -0.2) is 42.3 Å². The molecule has 1 heterocycles. The van der Waals surface area contributed by atoms with Gasteiger partial charge >= 0.3 is 0 Å². The first-order valence-electron chi connectivity index (χ1n) is 7.98. The highest BCUT2D eigenvalue weighted by atomic mass is 16.3. The minimum Gasteiger partial charge on any atom is -0.395 e. The second kappa shape index (κ2) is 8.40. The first-order valence-corrected chi connectivity index (χ1v) is 7.98. The third kappa shape index (κ3) is 4.30.